The number of carbonyl (C=O) groups excluding carboxylic acids is 1. The molecule has 0 aliphatic heterocycles. The molecular formula is C11H17N3O4S. The van der Waals surface area contributed by atoms with Crippen molar-refractivity contribution in [2.24, 2.45) is 0 Å². The van der Waals surface area contributed by atoms with Crippen LogP contribution >= 0.6 is 0 Å². The number of rotatable bonds is 7. The van der Waals surface area contributed by atoms with Gasteiger partial charge in [0.05, 0.1) is 18.0 Å². The molecule has 0 fully saturated rings. The lowest BCUT2D eigenvalue weighted by molar-refractivity contribution is 0.0542. The fourth-order valence-electron chi connectivity index (χ4n) is 1.33. The van der Waals surface area contributed by atoms with Crippen LogP contribution in [0.5, 0.6) is 0 Å². The zero-order chi connectivity index (χ0) is 14.5. The topological polar surface area (TPSA) is 91.2 Å². The zero-order valence-electron chi connectivity index (χ0n) is 11.0. The van der Waals surface area contributed by atoms with Gasteiger partial charge in [-0.1, -0.05) is 24.8 Å². The van der Waals surface area contributed by atoms with E-state index in [0.717, 1.165) is 0 Å². The van der Waals surface area contributed by atoms with E-state index >= 15 is 0 Å². The Morgan fingerprint density at radius 2 is 2.21 bits per heavy atom. The summed E-state index contributed by atoms with van der Waals surface area (Å²) in [6, 6.07) is 0. The van der Waals surface area contributed by atoms with Gasteiger partial charge in [-0.2, -0.15) is 0 Å². The molecule has 1 rings (SSSR count). The molecule has 1 aromatic heterocycles. The van der Waals surface area contributed by atoms with Crippen LogP contribution in [-0.4, -0.2) is 47.5 Å². The maximum absolute atomic E-state index is 11.6. The van der Waals surface area contributed by atoms with Crippen LogP contribution in [0.1, 0.15) is 23.1 Å². The number of hydrogen-bond acceptors (Lipinski definition) is 6. The highest BCUT2D eigenvalue weighted by atomic mass is 32.2. The molecule has 8 heteroatoms. The summed E-state index contributed by atoms with van der Waals surface area (Å²) in [5.41, 5.74) is 0.580. The lowest BCUT2D eigenvalue weighted by atomic mass is 10.3. The minimum atomic E-state index is -3.08. The Morgan fingerprint density at radius 3 is 2.79 bits per heavy atom. The van der Waals surface area contributed by atoms with E-state index in [4.69, 9.17) is 4.74 Å². The third-order valence-electron chi connectivity index (χ3n) is 2.56. The van der Waals surface area contributed by atoms with E-state index in [1.54, 1.807) is 13.8 Å². The molecule has 0 N–H and O–H groups in total. The van der Waals surface area contributed by atoms with Crippen molar-refractivity contribution in [3.05, 3.63) is 24.0 Å². The van der Waals surface area contributed by atoms with Crippen LogP contribution < -0.4 is 0 Å². The van der Waals surface area contributed by atoms with Gasteiger partial charge in [-0.25, -0.2) is 17.9 Å². The molecule has 0 bridgehead atoms. The maximum atomic E-state index is 11.6. The molecule has 0 radical (unpaired) electrons. The Kier molecular flexibility index (Phi) is 5.22. The number of esters is 1. The van der Waals surface area contributed by atoms with E-state index < -0.39 is 15.8 Å². The Morgan fingerprint density at radius 1 is 1.53 bits per heavy atom. The minimum Gasteiger partial charge on any atom is -0.457 e. The zero-order valence-corrected chi connectivity index (χ0v) is 11.8. The second kappa shape index (κ2) is 6.46. The summed E-state index contributed by atoms with van der Waals surface area (Å²) in [4.78, 5) is 11.6. The van der Waals surface area contributed by atoms with Crippen LogP contribution in [0.2, 0.25) is 0 Å². The molecule has 0 spiro atoms. The molecule has 0 unspecified atom stereocenters. The van der Waals surface area contributed by atoms with Gasteiger partial charge in [0.25, 0.3) is 0 Å². The molecule has 0 saturated heterocycles. The first-order chi connectivity index (χ1) is 8.91. The van der Waals surface area contributed by atoms with Crippen molar-refractivity contribution in [2.75, 3.05) is 18.1 Å². The number of sulfone groups is 1. The van der Waals surface area contributed by atoms with Crippen LogP contribution in [0.4, 0.5) is 0 Å². The van der Waals surface area contributed by atoms with Crippen molar-refractivity contribution in [1.82, 2.24) is 15.0 Å². The number of hydrogen-bond donors (Lipinski definition) is 0. The summed E-state index contributed by atoms with van der Waals surface area (Å²) in [6.07, 6.45) is 1.45. The highest BCUT2D eigenvalue weighted by Gasteiger charge is 2.18. The predicted molar refractivity (Wildman–Crippen MR) is 69.6 cm³/mol. The first-order valence-corrected chi connectivity index (χ1v) is 7.62. The first kappa shape index (κ1) is 15.4. The quantitative estimate of drug-likeness (QED) is 0.531. The third-order valence-corrected chi connectivity index (χ3v) is 4.25. The van der Waals surface area contributed by atoms with Crippen LogP contribution in [0.25, 0.3) is 0 Å². The van der Waals surface area contributed by atoms with Crippen molar-refractivity contribution in [3.8, 4) is 0 Å². The van der Waals surface area contributed by atoms with Crippen LogP contribution in [0, 0.1) is 6.92 Å². The fraction of sp³-hybridized carbons (Fsp3) is 0.545. The average Bonchev–Trinajstić information content (AvgIpc) is 2.75. The molecule has 106 valence electrons. The second-order valence-electron chi connectivity index (χ2n) is 3.87. The summed E-state index contributed by atoms with van der Waals surface area (Å²) in [7, 11) is -3.08. The third kappa shape index (κ3) is 4.16. The van der Waals surface area contributed by atoms with Crippen LogP contribution in [-0.2, 0) is 21.1 Å². The summed E-state index contributed by atoms with van der Waals surface area (Å²) < 4.78 is 29.0. The van der Waals surface area contributed by atoms with Crippen molar-refractivity contribution in [2.45, 2.75) is 20.4 Å². The molecule has 1 heterocycles. The van der Waals surface area contributed by atoms with Gasteiger partial charge in [-0.3, -0.25) is 0 Å². The van der Waals surface area contributed by atoms with E-state index in [0.29, 0.717) is 5.69 Å². The molecule has 0 aliphatic carbocycles. The maximum Gasteiger partial charge on any atom is 0.361 e. The van der Waals surface area contributed by atoms with Gasteiger partial charge in [0.2, 0.25) is 0 Å². The lowest BCUT2D eigenvalue weighted by Crippen LogP contribution is -2.16. The average molecular weight is 287 g/mol. The van der Waals surface area contributed by atoms with Crippen molar-refractivity contribution in [3.63, 3.8) is 0 Å². The second-order valence-corrected chi connectivity index (χ2v) is 6.34. The van der Waals surface area contributed by atoms with E-state index in [9.17, 15) is 13.2 Å². The number of ether oxygens (including phenoxy) is 1. The van der Waals surface area contributed by atoms with E-state index in [1.165, 1.54) is 10.8 Å². The lowest BCUT2D eigenvalue weighted by Gasteiger charge is -2.04. The van der Waals surface area contributed by atoms with Crippen molar-refractivity contribution < 1.29 is 17.9 Å². The van der Waals surface area contributed by atoms with Crippen molar-refractivity contribution >= 4 is 15.8 Å². The SMILES string of the molecule is C=CCOC(=O)c1nnn(CCS(=O)(=O)CC)c1C. The Labute approximate surface area is 112 Å². The smallest absolute Gasteiger partial charge is 0.361 e. The summed E-state index contributed by atoms with van der Waals surface area (Å²) in [5, 5.41) is 7.46. The molecule has 0 amide bonds. The summed E-state index contributed by atoms with van der Waals surface area (Å²) >= 11 is 0. The number of aromatic nitrogens is 3. The highest BCUT2D eigenvalue weighted by Crippen LogP contribution is 2.06. The largest absolute Gasteiger partial charge is 0.457 e. The molecule has 0 saturated carbocycles. The minimum absolute atomic E-state index is 0.0329. The highest BCUT2D eigenvalue weighted by molar-refractivity contribution is 7.91. The molecule has 1 aromatic rings. The molecule has 19 heavy (non-hydrogen) atoms. The monoisotopic (exact) mass is 287 g/mol. The van der Waals surface area contributed by atoms with Crippen molar-refractivity contribution in [1.29, 1.82) is 0 Å². The van der Waals surface area contributed by atoms with E-state index in [1.807, 2.05) is 0 Å². The van der Waals surface area contributed by atoms with Gasteiger partial charge in [0.15, 0.2) is 15.5 Å². The first-order valence-electron chi connectivity index (χ1n) is 5.79. The Hall–Kier alpha value is -1.70. The standard InChI is InChI=1S/C11H17N3O4S/c1-4-7-18-11(15)10-9(3)14(13-12-10)6-8-19(16,17)5-2/h4H,1,5-8H2,2-3H3. The van der Waals surface area contributed by atoms with E-state index in [2.05, 4.69) is 16.9 Å². The summed E-state index contributed by atoms with van der Waals surface area (Å²) in [6.45, 7) is 6.92. The molecule has 0 aliphatic rings. The number of carbonyl (C=O) groups is 1. The van der Waals surface area contributed by atoms with Gasteiger partial charge in [-0.05, 0) is 6.92 Å². The Bertz CT molecular complexity index is 562. The molecule has 0 atom stereocenters. The van der Waals surface area contributed by atoms with Gasteiger partial charge >= 0.3 is 5.97 Å². The predicted octanol–water partition coefficient (Wildman–Crippen LogP) is 0.364. The molecular weight excluding hydrogens is 270 g/mol. The Balaban J connectivity index is 2.76. The van der Waals surface area contributed by atoms with Crippen LogP contribution in [0.3, 0.4) is 0 Å². The number of nitrogens with zero attached hydrogens (tertiary/aromatic N) is 3. The fourth-order valence-corrected chi connectivity index (χ4v) is 2.07. The normalized spacial score (nSPS) is 11.3. The van der Waals surface area contributed by atoms with Gasteiger partial charge in [0.1, 0.15) is 6.61 Å². The van der Waals surface area contributed by atoms with Gasteiger partial charge < -0.3 is 4.74 Å². The van der Waals surface area contributed by atoms with Crippen LogP contribution in [0.15, 0.2) is 12.7 Å². The number of aryl methyl sites for hydroxylation is 1. The summed E-state index contributed by atoms with van der Waals surface area (Å²) in [5.74, 6) is -0.550. The van der Waals surface area contributed by atoms with Gasteiger partial charge in [0, 0.05) is 5.75 Å². The molecule has 7 nitrogen and oxygen atoms in total. The van der Waals surface area contributed by atoms with E-state index in [-0.39, 0.29) is 30.4 Å². The molecule has 0 aromatic carbocycles. The van der Waals surface area contributed by atoms with Gasteiger partial charge in [-0.15, -0.1) is 5.10 Å².